The SMILES string of the molecule is COc1cccc(C(O)CNC(=O)C2CC2c2cccc(F)c2)c1. The summed E-state index contributed by atoms with van der Waals surface area (Å²) in [6, 6.07) is 13.5. The summed E-state index contributed by atoms with van der Waals surface area (Å²) in [5.74, 6) is 0.184. The van der Waals surface area contributed by atoms with Gasteiger partial charge < -0.3 is 15.2 Å². The summed E-state index contributed by atoms with van der Waals surface area (Å²) in [6.45, 7) is 0.137. The Labute approximate surface area is 140 Å². The van der Waals surface area contributed by atoms with Crippen molar-refractivity contribution in [3.63, 3.8) is 0 Å². The molecule has 1 fully saturated rings. The molecular formula is C19H20FNO3. The van der Waals surface area contributed by atoms with Gasteiger partial charge in [0.1, 0.15) is 11.6 Å². The van der Waals surface area contributed by atoms with Crippen LogP contribution in [0.25, 0.3) is 0 Å². The van der Waals surface area contributed by atoms with Crippen molar-refractivity contribution < 1.29 is 19.0 Å². The number of hydrogen-bond acceptors (Lipinski definition) is 3. The van der Waals surface area contributed by atoms with Crippen LogP contribution < -0.4 is 10.1 Å². The Kier molecular flexibility index (Phi) is 4.81. The van der Waals surface area contributed by atoms with E-state index in [4.69, 9.17) is 4.74 Å². The third kappa shape index (κ3) is 3.74. The first-order valence-electron chi connectivity index (χ1n) is 7.93. The van der Waals surface area contributed by atoms with Crippen LogP contribution in [0, 0.1) is 11.7 Å². The Bertz CT molecular complexity index is 734. The average molecular weight is 329 g/mol. The highest BCUT2D eigenvalue weighted by atomic mass is 19.1. The Morgan fingerprint density at radius 3 is 2.88 bits per heavy atom. The highest BCUT2D eigenvalue weighted by Crippen LogP contribution is 2.47. The summed E-state index contributed by atoms with van der Waals surface area (Å²) in [6.07, 6.45) is -0.0831. The van der Waals surface area contributed by atoms with Crippen molar-refractivity contribution >= 4 is 5.91 Å². The van der Waals surface area contributed by atoms with Crippen LogP contribution in [0.3, 0.4) is 0 Å². The first-order chi connectivity index (χ1) is 11.6. The Morgan fingerprint density at radius 1 is 1.33 bits per heavy atom. The number of aliphatic hydroxyl groups is 1. The van der Waals surface area contributed by atoms with Gasteiger partial charge in [0, 0.05) is 12.5 Å². The lowest BCUT2D eigenvalue weighted by atomic mass is 10.1. The molecule has 0 spiro atoms. The van der Waals surface area contributed by atoms with Crippen molar-refractivity contribution in [2.45, 2.75) is 18.4 Å². The Balaban J connectivity index is 1.53. The Morgan fingerprint density at radius 2 is 2.12 bits per heavy atom. The van der Waals surface area contributed by atoms with Crippen LogP contribution in [0.5, 0.6) is 5.75 Å². The molecule has 0 radical (unpaired) electrons. The molecule has 1 saturated carbocycles. The molecule has 3 unspecified atom stereocenters. The molecule has 0 bridgehead atoms. The molecular weight excluding hydrogens is 309 g/mol. The van der Waals surface area contributed by atoms with Gasteiger partial charge >= 0.3 is 0 Å². The molecule has 126 valence electrons. The van der Waals surface area contributed by atoms with E-state index in [0.717, 1.165) is 5.56 Å². The van der Waals surface area contributed by atoms with Gasteiger partial charge in [-0.1, -0.05) is 24.3 Å². The fourth-order valence-corrected chi connectivity index (χ4v) is 2.89. The van der Waals surface area contributed by atoms with E-state index in [-0.39, 0.29) is 30.1 Å². The third-order valence-electron chi connectivity index (χ3n) is 4.35. The number of aliphatic hydroxyl groups excluding tert-OH is 1. The molecule has 2 N–H and O–H groups in total. The second-order valence-electron chi connectivity index (χ2n) is 6.04. The largest absolute Gasteiger partial charge is 0.497 e. The van der Waals surface area contributed by atoms with Gasteiger partial charge in [-0.15, -0.1) is 0 Å². The first kappa shape index (κ1) is 16.5. The zero-order chi connectivity index (χ0) is 17.1. The molecule has 3 atom stereocenters. The van der Waals surface area contributed by atoms with Gasteiger partial charge in [-0.05, 0) is 47.7 Å². The second kappa shape index (κ2) is 7.01. The number of carbonyl (C=O) groups excluding carboxylic acids is 1. The van der Waals surface area contributed by atoms with Gasteiger partial charge in [-0.25, -0.2) is 4.39 Å². The summed E-state index contributed by atoms with van der Waals surface area (Å²) in [5.41, 5.74) is 1.54. The number of benzene rings is 2. The number of ether oxygens (including phenoxy) is 1. The number of carbonyl (C=O) groups is 1. The molecule has 2 aromatic carbocycles. The number of amides is 1. The van der Waals surface area contributed by atoms with Crippen molar-refractivity contribution in [2.24, 2.45) is 5.92 Å². The summed E-state index contributed by atoms with van der Waals surface area (Å²) in [5, 5.41) is 13.0. The number of hydrogen-bond donors (Lipinski definition) is 2. The lowest BCUT2D eigenvalue weighted by molar-refractivity contribution is -0.122. The van der Waals surface area contributed by atoms with E-state index in [9.17, 15) is 14.3 Å². The maximum atomic E-state index is 13.2. The second-order valence-corrected chi connectivity index (χ2v) is 6.04. The monoisotopic (exact) mass is 329 g/mol. The molecule has 3 rings (SSSR count). The van der Waals surface area contributed by atoms with Crippen molar-refractivity contribution in [1.82, 2.24) is 5.32 Å². The number of nitrogens with one attached hydrogen (secondary N) is 1. The van der Waals surface area contributed by atoms with E-state index in [2.05, 4.69) is 5.32 Å². The van der Waals surface area contributed by atoms with Gasteiger partial charge in [0.05, 0.1) is 13.2 Å². The zero-order valence-corrected chi connectivity index (χ0v) is 13.4. The predicted molar refractivity (Wildman–Crippen MR) is 88.2 cm³/mol. The molecule has 4 nitrogen and oxygen atoms in total. The summed E-state index contributed by atoms with van der Waals surface area (Å²) >= 11 is 0. The lowest BCUT2D eigenvalue weighted by Crippen LogP contribution is -2.30. The molecule has 0 saturated heterocycles. The van der Waals surface area contributed by atoms with Crippen LogP contribution >= 0.6 is 0 Å². The quantitative estimate of drug-likeness (QED) is 0.857. The van der Waals surface area contributed by atoms with Gasteiger partial charge in [0.2, 0.25) is 5.91 Å². The van der Waals surface area contributed by atoms with Crippen LogP contribution in [0.15, 0.2) is 48.5 Å². The minimum absolute atomic E-state index is 0.0645. The minimum atomic E-state index is -0.796. The van der Waals surface area contributed by atoms with E-state index in [1.54, 1.807) is 37.4 Å². The smallest absolute Gasteiger partial charge is 0.223 e. The molecule has 1 amide bonds. The van der Waals surface area contributed by atoms with Crippen LogP contribution in [0.4, 0.5) is 4.39 Å². The fraction of sp³-hybridized carbons (Fsp3) is 0.316. The molecule has 1 aliphatic rings. The van der Waals surface area contributed by atoms with E-state index < -0.39 is 6.10 Å². The molecule has 2 aromatic rings. The first-order valence-corrected chi connectivity index (χ1v) is 7.93. The molecule has 1 aliphatic carbocycles. The maximum Gasteiger partial charge on any atom is 0.223 e. The predicted octanol–water partition coefficient (Wildman–Crippen LogP) is 2.79. The zero-order valence-electron chi connectivity index (χ0n) is 13.4. The van der Waals surface area contributed by atoms with E-state index in [1.165, 1.54) is 12.1 Å². The number of methoxy groups -OCH3 is 1. The molecule has 0 heterocycles. The molecule has 0 aliphatic heterocycles. The van der Waals surface area contributed by atoms with Crippen LogP contribution in [0.2, 0.25) is 0 Å². The normalized spacial score (nSPS) is 20.3. The highest BCUT2D eigenvalue weighted by molar-refractivity contribution is 5.82. The topological polar surface area (TPSA) is 58.6 Å². The molecule has 24 heavy (non-hydrogen) atoms. The maximum absolute atomic E-state index is 13.2. The van der Waals surface area contributed by atoms with Gasteiger partial charge in [0.25, 0.3) is 0 Å². The average Bonchev–Trinajstić information content (AvgIpc) is 3.40. The molecule has 0 aromatic heterocycles. The summed E-state index contributed by atoms with van der Waals surface area (Å²) < 4.78 is 18.4. The Hall–Kier alpha value is -2.40. The number of halogens is 1. The van der Waals surface area contributed by atoms with E-state index >= 15 is 0 Å². The van der Waals surface area contributed by atoms with Crippen molar-refractivity contribution in [3.8, 4) is 5.75 Å². The highest BCUT2D eigenvalue weighted by Gasteiger charge is 2.43. The fourth-order valence-electron chi connectivity index (χ4n) is 2.89. The summed E-state index contributed by atoms with van der Waals surface area (Å²) in [7, 11) is 1.56. The third-order valence-corrected chi connectivity index (χ3v) is 4.35. The van der Waals surface area contributed by atoms with Crippen LogP contribution in [-0.2, 0) is 4.79 Å². The van der Waals surface area contributed by atoms with Crippen molar-refractivity contribution in [1.29, 1.82) is 0 Å². The van der Waals surface area contributed by atoms with Crippen molar-refractivity contribution in [3.05, 3.63) is 65.5 Å². The number of rotatable bonds is 6. The van der Waals surface area contributed by atoms with Gasteiger partial charge in [-0.2, -0.15) is 0 Å². The lowest BCUT2D eigenvalue weighted by Gasteiger charge is -2.13. The van der Waals surface area contributed by atoms with Gasteiger partial charge in [0.15, 0.2) is 0 Å². The molecule has 5 heteroatoms. The van der Waals surface area contributed by atoms with Crippen LogP contribution in [0.1, 0.15) is 29.6 Å². The van der Waals surface area contributed by atoms with E-state index in [1.807, 2.05) is 6.07 Å². The van der Waals surface area contributed by atoms with Crippen molar-refractivity contribution in [2.75, 3.05) is 13.7 Å². The van der Waals surface area contributed by atoms with E-state index in [0.29, 0.717) is 17.7 Å². The van der Waals surface area contributed by atoms with Crippen LogP contribution in [-0.4, -0.2) is 24.7 Å². The summed E-state index contributed by atoms with van der Waals surface area (Å²) in [4.78, 5) is 12.2. The van der Waals surface area contributed by atoms with Gasteiger partial charge in [-0.3, -0.25) is 4.79 Å². The standard InChI is InChI=1S/C19H20FNO3/c1-24-15-7-3-5-13(9-15)18(22)11-21-19(23)17-10-16(17)12-4-2-6-14(20)8-12/h2-9,16-18,22H,10-11H2,1H3,(H,21,23). The minimum Gasteiger partial charge on any atom is -0.497 e.